The molecule has 4 heteroatoms. The van der Waals surface area contributed by atoms with Crippen molar-refractivity contribution in [1.82, 2.24) is 5.32 Å². The molecule has 1 rings (SSSR count). The minimum atomic E-state index is -0.0518. The maximum absolute atomic E-state index is 12.2. The van der Waals surface area contributed by atoms with Gasteiger partial charge in [0.25, 0.3) is 5.91 Å². The zero-order valence-electron chi connectivity index (χ0n) is 13.9. The molecule has 0 heterocycles. The number of hydrogen-bond donors (Lipinski definition) is 2. The second kappa shape index (κ2) is 7.91. The Morgan fingerprint density at radius 1 is 1.24 bits per heavy atom. The van der Waals surface area contributed by atoms with E-state index in [2.05, 4.69) is 26.1 Å². The van der Waals surface area contributed by atoms with Crippen LogP contribution in [0.2, 0.25) is 0 Å². The molecule has 1 amide bonds. The van der Waals surface area contributed by atoms with Crippen molar-refractivity contribution < 1.29 is 4.79 Å². The van der Waals surface area contributed by atoms with Crippen molar-refractivity contribution in [2.24, 2.45) is 5.92 Å². The van der Waals surface area contributed by atoms with E-state index in [4.69, 9.17) is 5.73 Å². The second-order valence-corrected chi connectivity index (χ2v) is 6.37. The molecule has 0 aliphatic heterocycles. The molecule has 1 aromatic carbocycles. The molecule has 1 aromatic rings. The van der Waals surface area contributed by atoms with Crippen molar-refractivity contribution in [2.75, 3.05) is 24.7 Å². The quantitative estimate of drug-likeness (QED) is 0.758. The van der Waals surface area contributed by atoms with Crippen molar-refractivity contribution in [1.29, 1.82) is 0 Å². The van der Waals surface area contributed by atoms with E-state index in [9.17, 15) is 4.79 Å². The minimum absolute atomic E-state index is 0.0518. The van der Waals surface area contributed by atoms with Crippen molar-refractivity contribution in [3.8, 4) is 0 Å². The Morgan fingerprint density at radius 3 is 2.43 bits per heavy atom. The molecular weight excluding hydrogens is 262 g/mol. The van der Waals surface area contributed by atoms with Gasteiger partial charge in [-0.3, -0.25) is 4.79 Å². The third-order valence-electron chi connectivity index (χ3n) is 3.57. The van der Waals surface area contributed by atoms with Crippen molar-refractivity contribution >= 4 is 17.3 Å². The predicted octanol–water partition coefficient (Wildman–Crippen LogP) is 3.28. The summed E-state index contributed by atoms with van der Waals surface area (Å²) in [6, 6.07) is 5.63. The van der Waals surface area contributed by atoms with Crippen LogP contribution in [0.3, 0.4) is 0 Å². The molecule has 0 aliphatic carbocycles. The van der Waals surface area contributed by atoms with E-state index in [1.165, 1.54) is 6.42 Å². The summed E-state index contributed by atoms with van der Waals surface area (Å²) in [4.78, 5) is 14.1. The number of nitrogens with zero attached hydrogens (tertiary/aromatic N) is 1. The highest BCUT2D eigenvalue weighted by Crippen LogP contribution is 2.22. The van der Waals surface area contributed by atoms with Crippen LogP contribution in [0.5, 0.6) is 0 Å². The number of nitrogen functional groups attached to an aromatic ring is 1. The molecule has 0 radical (unpaired) electrons. The number of carbonyl (C=O) groups excluding carboxylic acids is 1. The number of benzene rings is 1. The molecule has 4 nitrogen and oxygen atoms in total. The molecule has 0 saturated heterocycles. The van der Waals surface area contributed by atoms with E-state index in [-0.39, 0.29) is 11.9 Å². The monoisotopic (exact) mass is 291 g/mol. The highest BCUT2D eigenvalue weighted by atomic mass is 16.1. The van der Waals surface area contributed by atoms with Crippen LogP contribution in [0.15, 0.2) is 18.2 Å². The number of hydrogen-bond acceptors (Lipinski definition) is 3. The number of anilines is 2. The lowest BCUT2D eigenvalue weighted by Crippen LogP contribution is -2.32. The zero-order chi connectivity index (χ0) is 16.0. The Morgan fingerprint density at radius 2 is 1.90 bits per heavy atom. The van der Waals surface area contributed by atoms with Crippen LogP contribution < -0.4 is 16.0 Å². The second-order valence-electron chi connectivity index (χ2n) is 6.37. The average Bonchev–Trinajstić information content (AvgIpc) is 2.37. The van der Waals surface area contributed by atoms with Gasteiger partial charge in [0.05, 0.1) is 11.4 Å². The molecule has 3 N–H and O–H groups in total. The molecule has 118 valence electrons. The van der Waals surface area contributed by atoms with E-state index in [1.54, 1.807) is 6.07 Å². The number of carbonyl (C=O) groups is 1. The predicted molar refractivity (Wildman–Crippen MR) is 90.8 cm³/mol. The molecule has 0 fully saturated rings. The maximum atomic E-state index is 12.2. The van der Waals surface area contributed by atoms with Crippen LogP contribution in [0.1, 0.15) is 50.4 Å². The third-order valence-corrected chi connectivity index (χ3v) is 3.57. The number of nitrogens with two attached hydrogens (primary N) is 1. The van der Waals surface area contributed by atoms with Crippen molar-refractivity contribution in [3.63, 3.8) is 0 Å². The molecule has 0 bridgehead atoms. The average molecular weight is 291 g/mol. The number of rotatable bonds is 7. The van der Waals surface area contributed by atoms with E-state index in [1.807, 2.05) is 31.1 Å². The van der Waals surface area contributed by atoms with Gasteiger partial charge in [0.1, 0.15) is 0 Å². The van der Waals surface area contributed by atoms with E-state index in [0.29, 0.717) is 17.2 Å². The normalized spacial score (nSPS) is 12.3. The highest BCUT2D eigenvalue weighted by molar-refractivity contribution is 5.96. The minimum Gasteiger partial charge on any atom is -0.397 e. The Balaban J connectivity index is 2.57. The first-order chi connectivity index (χ1) is 9.81. The van der Waals surface area contributed by atoms with E-state index >= 15 is 0 Å². The number of nitrogens with one attached hydrogen (secondary N) is 1. The van der Waals surface area contributed by atoms with Gasteiger partial charge in [-0.15, -0.1) is 0 Å². The van der Waals surface area contributed by atoms with Gasteiger partial charge in [-0.25, -0.2) is 0 Å². The first kappa shape index (κ1) is 17.3. The van der Waals surface area contributed by atoms with Gasteiger partial charge in [-0.05, 0) is 37.5 Å². The Labute approximate surface area is 128 Å². The summed E-state index contributed by atoms with van der Waals surface area (Å²) < 4.78 is 0. The first-order valence-corrected chi connectivity index (χ1v) is 7.69. The Hall–Kier alpha value is -1.71. The molecule has 0 spiro atoms. The van der Waals surface area contributed by atoms with Crippen LogP contribution in [-0.2, 0) is 0 Å². The fourth-order valence-corrected chi connectivity index (χ4v) is 2.31. The van der Waals surface area contributed by atoms with Gasteiger partial charge >= 0.3 is 0 Å². The van der Waals surface area contributed by atoms with Crippen LogP contribution >= 0.6 is 0 Å². The fraction of sp³-hybridized carbons (Fsp3) is 0.588. The number of amides is 1. The zero-order valence-corrected chi connectivity index (χ0v) is 13.9. The van der Waals surface area contributed by atoms with Crippen molar-refractivity contribution in [2.45, 2.75) is 46.1 Å². The van der Waals surface area contributed by atoms with Gasteiger partial charge < -0.3 is 16.0 Å². The molecule has 0 saturated carbocycles. The van der Waals surface area contributed by atoms with Crippen LogP contribution in [0, 0.1) is 5.92 Å². The van der Waals surface area contributed by atoms with Crippen LogP contribution in [-0.4, -0.2) is 26.0 Å². The Bertz CT molecular complexity index is 469. The van der Waals surface area contributed by atoms with Gasteiger partial charge in [0, 0.05) is 25.7 Å². The molecule has 21 heavy (non-hydrogen) atoms. The summed E-state index contributed by atoms with van der Waals surface area (Å²) in [5.41, 5.74) is 8.15. The molecule has 0 aliphatic rings. The lowest BCUT2D eigenvalue weighted by molar-refractivity contribution is 0.0938. The maximum Gasteiger partial charge on any atom is 0.251 e. The lowest BCUT2D eigenvalue weighted by Gasteiger charge is -2.17. The van der Waals surface area contributed by atoms with E-state index < -0.39 is 0 Å². The van der Waals surface area contributed by atoms with Gasteiger partial charge in [0.2, 0.25) is 0 Å². The SMILES string of the molecule is CC(C)CCCC(C)NC(=O)c1ccc(N(C)C)c(N)c1. The Kier molecular flexibility index (Phi) is 6.53. The topological polar surface area (TPSA) is 58.4 Å². The summed E-state index contributed by atoms with van der Waals surface area (Å²) in [5, 5.41) is 3.04. The van der Waals surface area contributed by atoms with Gasteiger partial charge in [0.15, 0.2) is 0 Å². The van der Waals surface area contributed by atoms with E-state index in [0.717, 1.165) is 18.5 Å². The standard InChI is InChI=1S/C17H29N3O/c1-12(2)7-6-8-13(3)19-17(21)14-9-10-16(20(4)5)15(18)11-14/h9-13H,6-8,18H2,1-5H3,(H,19,21). The highest BCUT2D eigenvalue weighted by Gasteiger charge is 2.12. The molecular formula is C17H29N3O. The van der Waals surface area contributed by atoms with Crippen LogP contribution in [0.25, 0.3) is 0 Å². The van der Waals surface area contributed by atoms with Crippen LogP contribution in [0.4, 0.5) is 11.4 Å². The fourth-order valence-electron chi connectivity index (χ4n) is 2.31. The summed E-state index contributed by atoms with van der Waals surface area (Å²) in [6.45, 7) is 6.49. The molecule has 1 unspecified atom stereocenters. The molecule has 1 atom stereocenters. The molecule has 0 aromatic heterocycles. The summed E-state index contributed by atoms with van der Waals surface area (Å²) in [7, 11) is 3.87. The third kappa shape index (κ3) is 5.66. The van der Waals surface area contributed by atoms with Gasteiger partial charge in [-0.2, -0.15) is 0 Å². The first-order valence-electron chi connectivity index (χ1n) is 7.69. The summed E-state index contributed by atoms with van der Waals surface area (Å²) in [5.74, 6) is 0.662. The van der Waals surface area contributed by atoms with Gasteiger partial charge in [-0.1, -0.05) is 26.7 Å². The lowest BCUT2D eigenvalue weighted by atomic mass is 10.0. The largest absolute Gasteiger partial charge is 0.397 e. The smallest absolute Gasteiger partial charge is 0.251 e. The summed E-state index contributed by atoms with van der Waals surface area (Å²) >= 11 is 0. The summed E-state index contributed by atoms with van der Waals surface area (Å²) in [6.07, 6.45) is 3.35. The van der Waals surface area contributed by atoms with Crippen molar-refractivity contribution in [3.05, 3.63) is 23.8 Å².